The maximum atomic E-state index is 10.8. The van der Waals surface area contributed by atoms with E-state index in [4.69, 9.17) is 11.6 Å². The minimum atomic E-state index is -0.566. The highest BCUT2D eigenvalue weighted by Gasteiger charge is 2.16. The Labute approximate surface area is 113 Å². The lowest BCUT2D eigenvalue weighted by atomic mass is 10.2. The van der Waals surface area contributed by atoms with Gasteiger partial charge in [0.25, 0.3) is 0 Å². The number of pyridine rings is 1. The minimum Gasteiger partial charge on any atom is -0.359 e. The third-order valence-corrected chi connectivity index (χ3v) is 2.66. The van der Waals surface area contributed by atoms with Crippen LogP contribution in [0, 0.1) is 17.0 Å². The Hall–Kier alpha value is -2.28. The fourth-order valence-electron chi connectivity index (χ4n) is 1.49. The zero-order valence-corrected chi connectivity index (χ0v) is 10.8. The molecule has 0 aliphatic rings. The van der Waals surface area contributed by atoms with Gasteiger partial charge in [-0.2, -0.15) is 4.98 Å². The molecule has 0 unspecified atom stereocenters. The van der Waals surface area contributed by atoms with Crippen LogP contribution in [0.2, 0.25) is 5.28 Å². The van der Waals surface area contributed by atoms with Gasteiger partial charge in [-0.05, 0) is 30.2 Å². The van der Waals surface area contributed by atoms with Crippen molar-refractivity contribution in [1.29, 1.82) is 0 Å². The van der Waals surface area contributed by atoms with E-state index in [0.717, 1.165) is 17.5 Å². The number of anilines is 1. The molecule has 0 amide bonds. The summed E-state index contributed by atoms with van der Waals surface area (Å²) < 4.78 is 0. The molecule has 2 rings (SSSR count). The first-order valence-electron chi connectivity index (χ1n) is 5.39. The van der Waals surface area contributed by atoms with Gasteiger partial charge in [-0.15, -0.1) is 0 Å². The fourth-order valence-corrected chi connectivity index (χ4v) is 1.62. The first-order valence-corrected chi connectivity index (χ1v) is 5.77. The number of nitro groups is 1. The SMILES string of the molecule is Cc1cccnc1CNc1nc(Cl)ncc1[N+](=O)[O-]. The van der Waals surface area contributed by atoms with Crippen molar-refractivity contribution in [3.05, 3.63) is 51.2 Å². The van der Waals surface area contributed by atoms with E-state index in [2.05, 4.69) is 20.3 Å². The number of aryl methyl sites for hydroxylation is 1. The molecule has 0 saturated heterocycles. The van der Waals surface area contributed by atoms with Gasteiger partial charge in [-0.1, -0.05) is 6.07 Å². The quantitative estimate of drug-likeness (QED) is 0.524. The average molecular weight is 280 g/mol. The topological polar surface area (TPSA) is 93.8 Å². The molecule has 0 aromatic carbocycles. The first kappa shape index (κ1) is 13.2. The van der Waals surface area contributed by atoms with Gasteiger partial charge in [0.15, 0.2) is 0 Å². The summed E-state index contributed by atoms with van der Waals surface area (Å²) in [6.07, 6.45) is 2.73. The van der Waals surface area contributed by atoms with Crippen LogP contribution < -0.4 is 5.32 Å². The van der Waals surface area contributed by atoms with Crippen LogP contribution in [0.25, 0.3) is 0 Å². The summed E-state index contributed by atoms with van der Waals surface area (Å²) in [7, 11) is 0. The van der Waals surface area contributed by atoms with Crippen molar-refractivity contribution in [3.63, 3.8) is 0 Å². The van der Waals surface area contributed by atoms with Gasteiger partial charge in [0.1, 0.15) is 6.20 Å². The van der Waals surface area contributed by atoms with E-state index in [1.54, 1.807) is 6.20 Å². The van der Waals surface area contributed by atoms with Crippen LogP contribution in [0.4, 0.5) is 11.5 Å². The predicted octanol–water partition coefficient (Wildman–Crippen LogP) is 2.35. The molecule has 0 bridgehead atoms. The van der Waals surface area contributed by atoms with Crippen molar-refractivity contribution in [2.45, 2.75) is 13.5 Å². The molecule has 0 fully saturated rings. The van der Waals surface area contributed by atoms with Crippen LogP contribution in [0.15, 0.2) is 24.5 Å². The van der Waals surface area contributed by atoms with E-state index in [1.807, 2.05) is 19.1 Å². The van der Waals surface area contributed by atoms with Crippen LogP contribution in [-0.4, -0.2) is 19.9 Å². The molecular weight excluding hydrogens is 270 g/mol. The summed E-state index contributed by atoms with van der Waals surface area (Å²) in [6, 6.07) is 3.73. The van der Waals surface area contributed by atoms with Crippen molar-refractivity contribution in [2.75, 3.05) is 5.32 Å². The van der Waals surface area contributed by atoms with Gasteiger partial charge in [-0.3, -0.25) is 15.1 Å². The molecular formula is C11H10ClN5O2. The van der Waals surface area contributed by atoms with Crippen molar-refractivity contribution < 1.29 is 4.92 Å². The van der Waals surface area contributed by atoms with Gasteiger partial charge >= 0.3 is 5.69 Å². The van der Waals surface area contributed by atoms with E-state index in [9.17, 15) is 10.1 Å². The number of hydrogen-bond acceptors (Lipinski definition) is 6. The second-order valence-electron chi connectivity index (χ2n) is 3.75. The predicted molar refractivity (Wildman–Crippen MR) is 70.0 cm³/mol. The summed E-state index contributed by atoms with van der Waals surface area (Å²) in [4.78, 5) is 21.9. The molecule has 19 heavy (non-hydrogen) atoms. The van der Waals surface area contributed by atoms with Gasteiger partial charge < -0.3 is 5.32 Å². The number of aromatic nitrogens is 3. The molecule has 2 heterocycles. The largest absolute Gasteiger partial charge is 0.359 e. The normalized spacial score (nSPS) is 10.2. The van der Waals surface area contributed by atoms with Crippen LogP contribution in [0.5, 0.6) is 0 Å². The highest BCUT2D eigenvalue weighted by molar-refractivity contribution is 6.28. The fraction of sp³-hybridized carbons (Fsp3) is 0.182. The van der Waals surface area contributed by atoms with Crippen LogP contribution in [0.1, 0.15) is 11.3 Å². The second kappa shape index (κ2) is 5.57. The number of halogens is 1. The summed E-state index contributed by atoms with van der Waals surface area (Å²) in [6.45, 7) is 2.23. The second-order valence-corrected chi connectivity index (χ2v) is 4.09. The van der Waals surface area contributed by atoms with E-state index in [1.165, 1.54) is 0 Å². The smallest absolute Gasteiger partial charge is 0.329 e. The molecule has 0 aliphatic carbocycles. The Balaban J connectivity index is 2.22. The summed E-state index contributed by atoms with van der Waals surface area (Å²) >= 11 is 5.63. The zero-order chi connectivity index (χ0) is 13.8. The van der Waals surface area contributed by atoms with Crippen LogP contribution >= 0.6 is 11.6 Å². The molecule has 2 aromatic heterocycles. The molecule has 0 radical (unpaired) electrons. The zero-order valence-electron chi connectivity index (χ0n) is 10.00. The third kappa shape index (κ3) is 3.14. The lowest BCUT2D eigenvalue weighted by molar-refractivity contribution is -0.384. The maximum Gasteiger partial charge on any atom is 0.329 e. The van der Waals surface area contributed by atoms with Gasteiger partial charge in [-0.25, -0.2) is 4.98 Å². The maximum absolute atomic E-state index is 10.8. The molecule has 1 N–H and O–H groups in total. The van der Waals surface area contributed by atoms with Gasteiger partial charge in [0.2, 0.25) is 11.1 Å². The van der Waals surface area contributed by atoms with Gasteiger partial charge in [0.05, 0.1) is 17.2 Å². The molecule has 0 spiro atoms. The number of nitrogens with zero attached hydrogens (tertiary/aromatic N) is 4. The number of rotatable bonds is 4. The van der Waals surface area contributed by atoms with E-state index < -0.39 is 4.92 Å². The van der Waals surface area contributed by atoms with Crippen LogP contribution in [0.3, 0.4) is 0 Å². The molecule has 2 aromatic rings. The van der Waals surface area contributed by atoms with E-state index in [-0.39, 0.29) is 16.8 Å². The Morgan fingerprint density at radius 3 is 2.95 bits per heavy atom. The summed E-state index contributed by atoms with van der Waals surface area (Å²) in [5.74, 6) is 0.0788. The van der Waals surface area contributed by atoms with Crippen molar-refractivity contribution in [1.82, 2.24) is 15.0 Å². The van der Waals surface area contributed by atoms with Crippen molar-refractivity contribution >= 4 is 23.1 Å². The molecule has 0 aliphatic heterocycles. The Kier molecular flexibility index (Phi) is 3.86. The molecule has 0 atom stereocenters. The monoisotopic (exact) mass is 279 g/mol. The lowest BCUT2D eigenvalue weighted by Gasteiger charge is -2.07. The lowest BCUT2D eigenvalue weighted by Crippen LogP contribution is -2.07. The van der Waals surface area contributed by atoms with E-state index >= 15 is 0 Å². The number of nitrogens with one attached hydrogen (secondary N) is 1. The highest BCUT2D eigenvalue weighted by atomic mass is 35.5. The number of hydrogen-bond donors (Lipinski definition) is 1. The standard InChI is InChI=1S/C11H10ClN5O2/c1-7-3-2-4-13-8(7)5-14-10-9(17(18)19)6-15-11(12)16-10/h2-4,6H,5H2,1H3,(H,14,15,16). The van der Waals surface area contributed by atoms with Crippen LogP contribution in [-0.2, 0) is 6.54 Å². The van der Waals surface area contributed by atoms with Gasteiger partial charge in [0, 0.05) is 6.20 Å². The van der Waals surface area contributed by atoms with E-state index in [0.29, 0.717) is 6.54 Å². The Morgan fingerprint density at radius 2 is 2.26 bits per heavy atom. The molecule has 8 heteroatoms. The summed E-state index contributed by atoms with van der Waals surface area (Å²) in [5.41, 5.74) is 1.54. The third-order valence-electron chi connectivity index (χ3n) is 2.48. The van der Waals surface area contributed by atoms with Crippen molar-refractivity contribution in [3.8, 4) is 0 Å². The first-order chi connectivity index (χ1) is 9.08. The average Bonchev–Trinajstić information content (AvgIpc) is 2.37. The summed E-state index contributed by atoms with van der Waals surface area (Å²) in [5, 5.41) is 13.6. The molecule has 0 saturated carbocycles. The Bertz CT molecular complexity index is 620. The van der Waals surface area contributed by atoms with Crippen molar-refractivity contribution in [2.24, 2.45) is 0 Å². The minimum absolute atomic E-state index is 0.0501. The Morgan fingerprint density at radius 1 is 1.47 bits per heavy atom. The molecule has 7 nitrogen and oxygen atoms in total. The molecule has 98 valence electrons. The highest BCUT2D eigenvalue weighted by Crippen LogP contribution is 2.22.